The van der Waals surface area contributed by atoms with Gasteiger partial charge >= 0.3 is 0 Å². The highest BCUT2D eigenvalue weighted by atomic mass is 15.2. The second-order valence-corrected chi connectivity index (χ2v) is 5.60. The predicted molar refractivity (Wildman–Crippen MR) is 68.7 cm³/mol. The molecule has 3 heteroatoms. The molecule has 2 rings (SSSR count). The van der Waals surface area contributed by atoms with Gasteiger partial charge in [0.05, 0.1) is 0 Å². The van der Waals surface area contributed by atoms with Crippen molar-refractivity contribution in [2.75, 3.05) is 33.2 Å². The zero-order valence-electron chi connectivity index (χ0n) is 10.8. The average molecular weight is 225 g/mol. The van der Waals surface area contributed by atoms with Gasteiger partial charge in [-0.25, -0.2) is 0 Å². The molecule has 0 bridgehead atoms. The summed E-state index contributed by atoms with van der Waals surface area (Å²) in [5, 5.41) is 7.07. The molecule has 1 saturated heterocycles. The second-order valence-electron chi connectivity index (χ2n) is 5.60. The molecule has 0 aromatic carbocycles. The molecule has 16 heavy (non-hydrogen) atoms. The standard InChI is InChI=1S/C13H27N3/c1-11(16(2)13-3-4-13)9-15-10-12-5-7-14-8-6-12/h11-15H,3-10H2,1-2H3. The quantitative estimate of drug-likeness (QED) is 0.708. The minimum atomic E-state index is 0.689. The van der Waals surface area contributed by atoms with Gasteiger partial charge in [0.15, 0.2) is 0 Å². The lowest BCUT2D eigenvalue weighted by molar-refractivity contribution is 0.235. The van der Waals surface area contributed by atoms with E-state index in [1.807, 2.05) is 0 Å². The molecule has 2 aliphatic rings. The predicted octanol–water partition coefficient (Wildman–Crippen LogP) is 1.06. The summed E-state index contributed by atoms with van der Waals surface area (Å²) in [4.78, 5) is 2.54. The first-order valence-electron chi connectivity index (χ1n) is 6.90. The van der Waals surface area contributed by atoms with Crippen molar-refractivity contribution in [2.24, 2.45) is 5.92 Å². The van der Waals surface area contributed by atoms with Crippen molar-refractivity contribution in [3.63, 3.8) is 0 Å². The molecule has 2 fully saturated rings. The van der Waals surface area contributed by atoms with Gasteiger partial charge in [0.2, 0.25) is 0 Å². The van der Waals surface area contributed by atoms with Crippen LogP contribution in [0.25, 0.3) is 0 Å². The molecule has 3 nitrogen and oxygen atoms in total. The van der Waals surface area contributed by atoms with Crippen LogP contribution in [0.2, 0.25) is 0 Å². The van der Waals surface area contributed by atoms with Crippen LogP contribution in [0, 0.1) is 5.92 Å². The van der Waals surface area contributed by atoms with E-state index in [1.165, 1.54) is 45.3 Å². The number of piperidine rings is 1. The Kier molecular flexibility index (Phi) is 4.62. The largest absolute Gasteiger partial charge is 0.317 e. The third-order valence-corrected chi connectivity index (χ3v) is 4.15. The molecule has 1 heterocycles. The number of nitrogens with zero attached hydrogens (tertiary/aromatic N) is 1. The fourth-order valence-corrected chi connectivity index (χ4v) is 2.57. The summed E-state index contributed by atoms with van der Waals surface area (Å²) in [5.41, 5.74) is 0. The van der Waals surface area contributed by atoms with Crippen LogP contribution >= 0.6 is 0 Å². The Balaban J connectivity index is 1.55. The zero-order chi connectivity index (χ0) is 11.4. The Labute approximate surface area is 100.0 Å². The summed E-state index contributed by atoms with van der Waals surface area (Å²) in [7, 11) is 2.27. The lowest BCUT2D eigenvalue weighted by Gasteiger charge is -2.27. The molecular formula is C13H27N3. The van der Waals surface area contributed by atoms with Gasteiger partial charge in [0.1, 0.15) is 0 Å². The molecule has 1 atom stereocenters. The summed E-state index contributed by atoms with van der Waals surface area (Å²) in [5.74, 6) is 0.902. The maximum absolute atomic E-state index is 3.65. The van der Waals surface area contributed by atoms with E-state index >= 15 is 0 Å². The van der Waals surface area contributed by atoms with Crippen molar-refractivity contribution in [3.05, 3.63) is 0 Å². The van der Waals surface area contributed by atoms with Gasteiger partial charge in [-0.2, -0.15) is 0 Å². The first kappa shape index (κ1) is 12.3. The Bertz CT molecular complexity index is 197. The number of rotatable bonds is 6. The van der Waals surface area contributed by atoms with E-state index < -0.39 is 0 Å². The number of nitrogens with one attached hydrogen (secondary N) is 2. The van der Waals surface area contributed by atoms with E-state index in [0.717, 1.165) is 18.5 Å². The molecule has 0 spiro atoms. The smallest absolute Gasteiger partial charge is 0.0192 e. The minimum absolute atomic E-state index is 0.689. The molecule has 0 radical (unpaired) electrons. The molecule has 1 saturated carbocycles. The summed E-state index contributed by atoms with van der Waals surface area (Å²) in [6, 6.07) is 1.57. The first-order chi connectivity index (χ1) is 7.77. The van der Waals surface area contributed by atoms with E-state index in [2.05, 4.69) is 29.5 Å². The van der Waals surface area contributed by atoms with Gasteiger partial charge in [0, 0.05) is 18.6 Å². The van der Waals surface area contributed by atoms with Gasteiger partial charge in [0.25, 0.3) is 0 Å². The van der Waals surface area contributed by atoms with Crippen LogP contribution in [-0.4, -0.2) is 50.2 Å². The van der Waals surface area contributed by atoms with Crippen LogP contribution in [0.3, 0.4) is 0 Å². The number of hydrogen-bond acceptors (Lipinski definition) is 3. The maximum Gasteiger partial charge on any atom is 0.0192 e. The van der Waals surface area contributed by atoms with E-state index in [1.54, 1.807) is 0 Å². The number of likely N-dealkylation sites (N-methyl/N-ethyl adjacent to an activating group) is 1. The van der Waals surface area contributed by atoms with E-state index in [-0.39, 0.29) is 0 Å². The van der Waals surface area contributed by atoms with Crippen LogP contribution in [0.4, 0.5) is 0 Å². The van der Waals surface area contributed by atoms with Gasteiger partial charge in [-0.1, -0.05) is 0 Å². The average Bonchev–Trinajstić information content (AvgIpc) is 3.13. The van der Waals surface area contributed by atoms with Crippen LogP contribution in [0.5, 0.6) is 0 Å². The van der Waals surface area contributed by atoms with Crippen LogP contribution in [0.1, 0.15) is 32.6 Å². The zero-order valence-corrected chi connectivity index (χ0v) is 10.8. The monoisotopic (exact) mass is 225 g/mol. The van der Waals surface area contributed by atoms with E-state index in [0.29, 0.717) is 6.04 Å². The van der Waals surface area contributed by atoms with Gasteiger partial charge in [-0.15, -0.1) is 0 Å². The van der Waals surface area contributed by atoms with Crippen molar-refractivity contribution in [3.8, 4) is 0 Å². The van der Waals surface area contributed by atoms with Crippen molar-refractivity contribution >= 4 is 0 Å². The SMILES string of the molecule is CC(CNCC1CCNCC1)N(C)C1CC1. The Morgan fingerprint density at radius 3 is 2.56 bits per heavy atom. The van der Waals surface area contributed by atoms with Crippen molar-refractivity contribution in [2.45, 2.75) is 44.7 Å². The summed E-state index contributed by atoms with van der Waals surface area (Å²) < 4.78 is 0. The van der Waals surface area contributed by atoms with Crippen molar-refractivity contribution in [1.82, 2.24) is 15.5 Å². The summed E-state index contributed by atoms with van der Waals surface area (Å²) >= 11 is 0. The highest BCUT2D eigenvalue weighted by Crippen LogP contribution is 2.26. The third-order valence-electron chi connectivity index (χ3n) is 4.15. The molecular weight excluding hydrogens is 198 g/mol. The third kappa shape index (κ3) is 3.72. The highest BCUT2D eigenvalue weighted by Gasteiger charge is 2.28. The lowest BCUT2D eigenvalue weighted by atomic mass is 9.98. The molecule has 2 N–H and O–H groups in total. The molecule has 0 aromatic heterocycles. The van der Waals surface area contributed by atoms with Gasteiger partial charge in [-0.3, -0.25) is 4.90 Å². The number of hydrogen-bond donors (Lipinski definition) is 2. The second kappa shape index (κ2) is 5.99. The molecule has 0 aromatic rings. The van der Waals surface area contributed by atoms with Crippen LogP contribution in [-0.2, 0) is 0 Å². The molecule has 1 aliphatic heterocycles. The fraction of sp³-hybridized carbons (Fsp3) is 1.00. The van der Waals surface area contributed by atoms with Gasteiger partial charge < -0.3 is 10.6 Å². The van der Waals surface area contributed by atoms with E-state index in [9.17, 15) is 0 Å². The molecule has 94 valence electrons. The van der Waals surface area contributed by atoms with Crippen molar-refractivity contribution in [1.29, 1.82) is 0 Å². The Hall–Kier alpha value is -0.120. The normalized spacial score (nSPS) is 24.9. The van der Waals surface area contributed by atoms with E-state index in [4.69, 9.17) is 0 Å². The van der Waals surface area contributed by atoms with Gasteiger partial charge in [-0.05, 0) is 65.2 Å². The molecule has 1 aliphatic carbocycles. The summed E-state index contributed by atoms with van der Waals surface area (Å²) in [6.45, 7) is 7.13. The van der Waals surface area contributed by atoms with Crippen LogP contribution in [0.15, 0.2) is 0 Å². The van der Waals surface area contributed by atoms with Crippen LogP contribution < -0.4 is 10.6 Å². The summed E-state index contributed by atoms with van der Waals surface area (Å²) in [6.07, 6.45) is 5.52. The Morgan fingerprint density at radius 1 is 1.25 bits per heavy atom. The fourth-order valence-electron chi connectivity index (χ4n) is 2.57. The maximum atomic E-state index is 3.65. The van der Waals surface area contributed by atoms with Crippen molar-refractivity contribution < 1.29 is 0 Å². The minimum Gasteiger partial charge on any atom is -0.317 e. The molecule has 1 unspecified atom stereocenters. The highest BCUT2D eigenvalue weighted by molar-refractivity contribution is 4.86. The lowest BCUT2D eigenvalue weighted by Crippen LogP contribution is -2.41. The topological polar surface area (TPSA) is 27.3 Å². The molecule has 0 amide bonds. The first-order valence-corrected chi connectivity index (χ1v) is 6.90. The Morgan fingerprint density at radius 2 is 1.94 bits per heavy atom.